The Hall–Kier alpha value is -2.41. The molecule has 2 heterocycles. The summed E-state index contributed by atoms with van der Waals surface area (Å²) in [5.74, 6) is -0.614. The lowest BCUT2D eigenvalue weighted by Gasteiger charge is -2.38. The van der Waals surface area contributed by atoms with Crippen molar-refractivity contribution in [1.29, 1.82) is 0 Å². The number of carbonyl (C=O) groups excluding carboxylic acids is 3. The zero-order valence-corrected chi connectivity index (χ0v) is 20.6. The Kier molecular flexibility index (Phi) is 7.93. The lowest BCUT2D eigenvalue weighted by Crippen LogP contribution is -2.50. The minimum Gasteiger partial charge on any atom is -0.461 e. The molecule has 0 aromatic carbocycles. The molecule has 1 unspecified atom stereocenters. The zero-order chi connectivity index (χ0) is 23.4. The van der Waals surface area contributed by atoms with Crippen molar-refractivity contribution in [2.45, 2.75) is 85.4 Å². The summed E-state index contributed by atoms with van der Waals surface area (Å²) in [5.41, 5.74) is 2.34. The Labute approximate surface area is 194 Å². The first-order valence-electron chi connectivity index (χ1n) is 11.6. The van der Waals surface area contributed by atoms with Crippen LogP contribution in [0.4, 0.5) is 0 Å². The number of thiophene rings is 1. The molecule has 3 rings (SSSR count). The van der Waals surface area contributed by atoms with Crippen LogP contribution in [0.3, 0.4) is 0 Å². The molecule has 7 heteroatoms. The van der Waals surface area contributed by atoms with Gasteiger partial charge in [0.25, 0.3) is 5.91 Å². The van der Waals surface area contributed by atoms with Crippen molar-refractivity contribution in [3.8, 4) is 0 Å². The van der Waals surface area contributed by atoms with Crippen molar-refractivity contribution in [2.24, 2.45) is 0 Å². The molecule has 1 aliphatic rings. The van der Waals surface area contributed by atoms with Crippen LogP contribution in [-0.2, 0) is 11.3 Å². The smallest absolute Gasteiger partial charge is 0.355 e. The molecule has 1 aliphatic carbocycles. The first-order chi connectivity index (χ1) is 15.3. The van der Waals surface area contributed by atoms with Gasteiger partial charge in [-0.1, -0.05) is 25.3 Å². The van der Waals surface area contributed by atoms with Gasteiger partial charge in [-0.05, 0) is 64.5 Å². The highest BCUT2D eigenvalue weighted by molar-refractivity contribution is 7.12. The van der Waals surface area contributed by atoms with Gasteiger partial charge in [0.05, 0.1) is 17.5 Å². The number of amides is 1. The molecule has 2 aromatic rings. The van der Waals surface area contributed by atoms with E-state index in [4.69, 9.17) is 4.74 Å². The molecule has 0 N–H and O–H groups in total. The van der Waals surface area contributed by atoms with Crippen LogP contribution in [0.25, 0.3) is 0 Å². The van der Waals surface area contributed by atoms with E-state index in [0.717, 1.165) is 31.4 Å². The van der Waals surface area contributed by atoms with Gasteiger partial charge in [0.1, 0.15) is 5.69 Å². The summed E-state index contributed by atoms with van der Waals surface area (Å²) in [5, 5.41) is 1.89. The van der Waals surface area contributed by atoms with Gasteiger partial charge in [-0.25, -0.2) is 4.79 Å². The fourth-order valence-electron chi connectivity index (χ4n) is 5.00. The minimum absolute atomic E-state index is 0.0516. The van der Waals surface area contributed by atoms with Crippen molar-refractivity contribution in [2.75, 3.05) is 6.61 Å². The van der Waals surface area contributed by atoms with Crippen LogP contribution in [-0.4, -0.2) is 45.8 Å². The molecular formula is C25H34N2O4S. The molecule has 0 saturated heterocycles. The second-order valence-electron chi connectivity index (χ2n) is 8.42. The molecule has 32 heavy (non-hydrogen) atoms. The van der Waals surface area contributed by atoms with Crippen molar-refractivity contribution in [3.63, 3.8) is 0 Å². The second kappa shape index (κ2) is 10.5. The molecule has 1 saturated carbocycles. The summed E-state index contributed by atoms with van der Waals surface area (Å²) in [7, 11) is 0. The van der Waals surface area contributed by atoms with Crippen LogP contribution in [0.2, 0.25) is 0 Å². The van der Waals surface area contributed by atoms with Crippen LogP contribution >= 0.6 is 11.3 Å². The van der Waals surface area contributed by atoms with Gasteiger partial charge in [0, 0.05) is 23.8 Å². The maximum Gasteiger partial charge on any atom is 0.355 e. The molecule has 0 aliphatic heterocycles. The summed E-state index contributed by atoms with van der Waals surface area (Å²) in [4.78, 5) is 42.4. The average Bonchev–Trinajstić information content (AvgIpc) is 3.40. The molecule has 2 aromatic heterocycles. The molecule has 1 atom stereocenters. The fraction of sp³-hybridized carbons (Fsp3) is 0.560. The highest BCUT2D eigenvalue weighted by atomic mass is 32.1. The SMILES string of the molecule is CCOC(=O)c1c(C)c(C(=O)C(C)N(C(=O)c2cccs2)C2CCCCC2)c(C)n1CC. The number of esters is 1. The summed E-state index contributed by atoms with van der Waals surface area (Å²) in [6, 6.07) is 3.12. The summed E-state index contributed by atoms with van der Waals surface area (Å²) >= 11 is 1.41. The molecule has 174 valence electrons. The maximum atomic E-state index is 13.9. The number of carbonyl (C=O) groups is 3. The Balaban J connectivity index is 2.02. The van der Waals surface area contributed by atoms with Crippen molar-refractivity contribution < 1.29 is 19.1 Å². The molecule has 0 radical (unpaired) electrons. The number of hydrogen-bond donors (Lipinski definition) is 0. The van der Waals surface area contributed by atoms with Crippen molar-refractivity contribution in [1.82, 2.24) is 9.47 Å². The number of nitrogens with zero attached hydrogens (tertiary/aromatic N) is 2. The van der Waals surface area contributed by atoms with E-state index >= 15 is 0 Å². The number of Topliss-reactive ketones (excluding diaryl/α,β-unsaturated/α-hetero) is 1. The summed E-state index contributed by atoms with van der Waals surface area (Å²) < 4.78 is 7.10. The summed E-state index contributed by atoms with van der Waals surface area (Å²) in [6.07, 6.45) is 5.13. The van der Waals surface area contributed by atoms with Gasteiger partial charge in [0.2, 0.25) is 0 Å². The normalized spacial score (nSPS) is 15.4. The van der Waals surface area contributed by atoms with Crippen LogP contribution in [0.15, 0.2) is 17.5 Å². The lowest BCUT2D eigenvalue weighted by atomic mass is 9.91. The highest BCUT2D eigenvalue weighted by Gasteiger charge is 2.37. The Morgan fingerprint density at radius 1 is 1.19 bits per heavy atom. The highest BCUT2D eigenvalue weighted by Crippen LogP contribution is 2.30. The molecular weight excluding hydrogens is 424 g/mol. The number of hydrogen-bond acceptors (Lipinski definition) is 5. The average molecular weight is 459 g/mol. The van der Waals surface area contributed by atoms with Crippen LogP contribution in [0.1, 0.15) is 94.7 Å². The Morgan fingerprint density at radius 3 is 2.44 bits per heavy atom. The number of ether oxygens (including phenoxy) is 1. The van der Waals surface area contributed by atoms with Gasteiger partial charge in [0.15, 0.2) is 5.78 Å². The molecule has 1 amide bonds. The third-order valence-electron chi connectivity index (χ3n) is 6.53. The monoisotopic (exact) mass is 458 g/mol. The standard InChI is InChI=1S/C25H34N2O4S/c1-6-26-17(4)21(16(3)22(26)25(30)31-7-2)23(28)18(5)27(19-12-9-8-10-13-19)24(29)20-14-11-15-32-20/h11,14-15,18-19H,6-10,12-13H2,1-5H3. The third kappa shape index (κ3) is 4.53. The summed E-state index contributed by atoms with van der Waals surface area (Å²) in [6.45, 7) is 10.0. The van der Waals surface area contributed by atoms with Gasteiger partial charge in [-0.3, -0.25) is 9.59 Å². The Morgan fingerprint density at radius 2 is 1.88 bits per heavy atom. The van der Waals surface area contributed by atoms with E-state index in [9.17, 15) is 14.4 Å². The zero-order valence-electron chi connectivity index (χ0n) is 19.8. The third-order valence-corrected chi connectivity index (χ3v) is 7.39. The molecule has 1 fully saturated rings. The van der Waals surface area contributed by atoms with Gasteiger partial charge >= 0.3 is 5.97 Å². The lowest BCUT2D eigenvalue weighted by molar-refractivity contribution is 0.0489. The molecule has 0 bridgehead atoms. The first-order valence-corrected chi connectivity index (χ1v) is 12.5. The quantitative estimate of drug-likeness (QED) is 0.392. The fourth-order valence-corrected chi connectivity index (χ4v) is 5.66. The first kappa shape index (κ1) is 24.2. The van der Waals surface area contributed by atoms with Crippen LogP contribution in [0, 0.1) is 13.8 Å². The van der Waals surface area contributed by atoms with E-state index < -0.39 is 12.0 Å². The van der Waals surface area contributed by atoms with E-state index in [2.05, 4.69) is 0 Å². The molecule has 6 nitrogen and oxygen atoms in total. The second-order valence-corrected chi connectivity index (χ2v) is 9.37. The van der Waals surface area contributed by atoms with Crippen LogP contribution < -0.4 is 0 Å². The van der Waals surface area contributed by atoms with Crippen LogP contribution in [0.5, 0.6) is 0 Å². The number of ketones is 1. The van der Waals surface area contributed by atoms with E-state index in [1.807, 2.05) is 42.9 Å². The van der Waals surface area contributed by atoms with E-state index in [0.29, 0.717) is 28.2 Å². The Bertz CT molecular complexity index is 971. The minimum atomic E-state index is -0.618. The van der Waals surface area contributed by atoms with Crippen molar-refractivity contribution >= 4 is 29.0 Å². The topological polar surface area (TPSA) is 68.6 Å². The van der Waals surface area contributed by atoms with E-state index in [1.54, 1.807) is 18.7 Å². The number of aromatic nitrogens is 1. The number of rotatable bonds is 8. The van der Waals surface area contributed by atoms with Gasteiger partial charge in [-0.15, -0.1) is 11.3 Å². The largest absolute Gasteiger partial charge is 0.461 e. The molecule has 0 spiro atoms. The maximum absolute atomic E-state index is 13.9. The van der Waals surface area contributed by atoms with Gasteiger partial charge < -0.3 is 14.2 Å². The predicted molar refractivity (Wildman–Crippen MR) is 127 cm³/mol. The van der Waals surface area contributed by atoms with E-state index in [1.165, 1.54) is 17.8 Å². The van der Waals surface area contributed by atoms with Gasteiger partial charge in [-0.2, -0.15) is 0 Å². The predicted octanol–water partition coefficient (Wildman–Crippen LogP) is 5.41. The van der Waals surface area contributed by atoms with E-state index in [-0.39, 0.29) is 24.3 Å². The van der Waals surface area contributed by atoms with Crippen molar-refractivity contribution in [3.05, 3.63) is 44.9 Å².